The second-order valence-corrected chi connectivity index (χ2v) is 9.00. The first-order valence-corrected chi connectivity index (χ1v) is 11.0. The molecule has 0 amide bonds. The summed E-state index contributed by atoms with van der Waals surface area (Å²) in [6, 6.07) is 8.39. The molecule has 4 rings (SSSR count). The van der Waals surface area contributed by atoms with Crippen molar-refractivity contribution in [3.8, 4) is 11.6 Å². The molecule has 1 aliphatic rings. The molecule has 6 nitrogen and oxygen atoms in total. The van der Waals surface area contributed by atoms with Gasteiger partial charge >= 0.3 is 0 Å². The highest BCUT2D eigenvalue weighted by Gasteiger charge is 2.26. The second-order valence-electron chi connectivity index (χ2n) is 7.77. The first kappa shape index (κ1) is 20.0. The summed E-state index contributed by atoms with van der Waals surface area (Å²) in [5, 5.41) is 1.07. The number of rotatable bonds is 6. The molecule has 0 N–H and O–H groups in total. The minimum Gasteiger partial charge on any atom is -0.493 e. The fraction of sp³-hybridized carbons (Fsp3) is 0.500. The first-order chi connectivity index (χ1) is 14.0. The van der Waals surface area contributed by atoms with Gasteiger partial charge in [0, 0.05) is 36.3 Å². The van der Waals surface area contributed by atoms with E-state index < -0.39 is 0 Å². The standard InChI is InChI=1S/C22H28N4O2S/c1-14-10-18(11-21(23-14)27-4)28-13-17-6-5-9-26(12-17)15(2)19-7-8-20-22(25-19)24-16(3)29-20/h7-8,10-11,15,17H,5-6,9,12-13H2,1-4H3. The molecule has 1 fully saturated rings. The number of ether oxygens (including phenoxy) is 2. The number of nitrogens with zero attached hydrogens (tertiary/aromatic N) is 4. The van der Waals surface area contributed by atoms with Crippen molar-refractivity contribution in [1.82, 2.24) is 19.9 Å². The number of hydrogen-bond acceptors (Lipinski definition) is 7. The number of pyridine rings is 2. The van der Waals surface area contributed by atoms with Crippen molar-refractivity contribution < 1.29 is 9.47 Å². The van der Waals surface area contributed by atoms with Crippen LogP contribution in [0.5, 0.6) is 11.6 Å². The maximum Gasteiger partial charge on any atom is 0.216 e. The molecule has 0 aromatic carbocycles. The summed E-state index contributed by atoms with van der Waals surface area (Å²) in [6.07, 6.45) is 2.36. The maximum atomic E-state index is 6.09. The van der Waals surface area contributed by atoms with Gasteiger partial charge in [-0.1, -0.05) is 0 Å². The zero-order valence-corrected chi connectivity index (χ0v) is 18.3. The Morgan fingerprint density at radius 1 is 1.21 bits per heavy atom. The maximum absolute atomic E-state index is 6.09. The Kier molecular flexibility index (Phi) is 5.96. The van der Waals surface area contributed by atoms with Crippen LogP contribution in [-0.4, -0.2) is 46.7 Å². The van der Waals surface area contributed by atoms with Gasteiger partial charge in [0.25, 0.3) is 0 Å². The highest BCUT2D eigenvalue weighted by atomic mass is 32.1. The van der Waals surface area contributed by atoms with Crippen LogP contribution in [0.25, 0.3) is 10.3 Å². The van der Waals surface area contributed by atoms with Crippen molar-refractivity contribution in [2.45, 2.75) is 39.7 Å². The molecule has 2 unspecified atom stereocenters. The molecule has 0 spiro atoms. The van der Waals surface area contributed by atoms with E-state index in [9.17, 15) is 0 Å². The first-order valence-electron chi connectivity index (χ1n) is 10.2. The van der Waals surface area contributed by atoms with E-state index in [2.05, 4.69) is 33.9 Å². The van der Waals surface area contributed by atoms with Gasteiger partial charge in [0.1, 0.15) is 5.75 Å². The average Bonchev–Trinajstić information content (AvgIpc) is 3.10. The van der Waals surface area contributed by atoms with Crippen LogP contribution in [-0.2, 0) is 0 Å². The Balaban J connectivity index is 1.40. The second kappa shape index (κ2) is 8.63. The molecule has 0 saturated carbocycles. The lowest BCUT2D eigenvalue weighted by Gasteiger charge is -2.36. The third kappa shape index (κ3) is 4.67. The van der Waals surface area contributed by atoms with Crippen LogP contribution in [0.15, 0.2) is 24.3 Å². The van der Waals surface area contributed by atoms with Gasteiger partial charge < -0.3 is 9.47 Å². The Labute approximate surface area is 175 Å². The molecule has 0 radical (unpaired) electrons. The van der Waals surface area contributed by atoms with E-state index in [-0.39, 0.29) is 6.04 Å². The molecule has 0 aliphatic carbocycles. The van der Waals surface area contributed by atoms with Crippen LogP contribution in [0.2, 0.25) is 0 Å². The molecular formula is C22H28N4O2S. The average molecular weight is 413 g/mol. The van der Waals surface area contributed by atoms with E-state index in [1.807, 2.05) is 26.0 Å². The van der Waals surface area contributed by atoms with Crippen LogP contribution in [0, 0.1) is 19.8 Å². The van der Waals surface area contributed by atoms with Crippen LogP contribution in [0.1, 0.15) is 42.2 Å². The quantitative estimate of drug-likeness (QED) is 0.591. The SMILES string of the molecule is COc1cc(OCC2CCCN(C(C)c3ccc4sc(C)nc4n3)C2)cc(C)n1. The summed E-state index contributed by atoms with van der Waals surface area (Å²) in [4.78, 5) is 16.2. The van der Waals surface area contributed by atoms with Crippen LogP contribution in [0.3, 0.4) is 0 Å². The zero-order valence-electron chi connectivity index (χ0n) is 17.5. The Hall–Kier alpha value is -2.25. The molecular weight excluding hydrogens is 384 g/mol. The smallest absolute Gasteiger partial charge is 0.216 e. The lowest BCUT2D eigenvalue weighted by Crippen LogP contribution is -2.39. The molecule has 0 bridgehead atoms. The predicted molar refractivity (Wildman–Crippen MR) is 116 cm³/mol. The van der Waals surface area contributed by atoms with E-state index in [4.69, 9.17) is 14.5 Å². The third-order valence-corrected chi connectivity index (χ3v) is 6.43. The van der Waals surface area contributed by atoms with Gasteiger partial charge in [-0.05, 0) is 52.3 Å². The van der Waals surface area contributed by atoms with Gasteiger partial charge in [-0.25, -0.2) is 15.0 Å². The van der Waals surface area contributed by atoms with Gasteiger partial charge in [0.05, 0.1) is 29.1 Å². The monoisotopic (exact) mass is 412 g/mol. The van der Waals surface area contributed by atoms with Gasteiger partial charge in [-0.3, -0.25) is 4.90 Å². The predicted octanol–water partition coefficient (Wildman–Crippen LogP) is 4.56. The summed E-state index contributed by atoms with van der Waals surface area (Å²) in [7, 11) is 1.63. The van der Waals surface area contributed by atoms with E-state index in [0.717, 1.165) is 45.6 Å². The van der Waals surface area contributed by atoms with Crippen molar-refractivity contribution in [3.63, 3.8) is 0 Å². The van der Waals surface area contributed by atoms with Gasteiger partial charge in [0.15, 0.2) is 5.65 Å². The summed E-state index contributed by atoms with van der Waals surface area (Å²) in [6.45, 7) is 9.03. The van der Waals surface area contributed by atoms with Gasteiger partial charge in [-0.2, -0.15) is 0 Å². The number of aromatic nitrogens is 3. The minimum atomic E-state index is 0.271. The molecule has 4 heterocycles. The molecule has 154 valence electrons. The topological polar surface area (TPSA) is 60.4 Å². The Morgan fingerprint density at radius 3 is 2.90 bits per heavy atom. The fourth-order valence-corrected chi connectivity index (χ4v) is 4.72. The number of thiazole rings is 1. The van der Waals surface area contributed by atoms with E-state index in [0.29, 0.717) is 18.4 Å². The molecule has 29 heavy (non-hydrogen) atoms. The van der Waals surface area contributed by atoms with Gasteiger partial charge in [0.2, 0.25) is 5.88 Å². The lowest BCUT2D eigenvalue weighted by molar-refractivity contribution is 0.0992. The minimum absolute atomic E-state index is 0.271. The number of piperidine rings is 1. The van der Waals surface area contributed by atoms with Crippen LogP contribution < -0.4 is 9.47 Å². The fourth-order valence-electron chi connectivity index (χ4n) is 3.96. The van der Waals surface area contributed by atoms with Gasteiger partial charge in [-0.15, -0.1) is 11.3 Å². The molecule has 3 aromatic rings. The zero-order chi connectivity index (χ0) is 20.4. The van der Waals surface area contributed by atoms with Crippen molar-refractivity contribution in [3.05, 3.63) is 40.7 Å². The number of fused-ring (bicyclic) bond motifs is 1. The summed E-state index contributed by atoms with van der Waals surface area (Å²) in [5.41, 5.74) is 2.87. The number of aryl methyl sites for hydroxylation is 2. The molecule has 1 aliphatic heterocycles. The van der Waals surface area contributed by atoms with Crippen LogP contribution >= 0.6 is 11.3 Å². The van der Waals surface area contributed by atoms with Crippen molar-refractivity contribution in [2.24, 2.45) is 5.92 Å². The molecule has 3 aromatic heterocycles. The van der Waals surface area contributed by atoms with Crippen LogP contribution in [0.4, 0.5) is 0 Å². The van der Waals surface area contributed by atoms with E-state index in [1.54, 1.807) is 18.4 Å². The molecule has 7 heteroatoms. The number of hydrogen-bond donors (Lipinski definition) is 0. The van der Waals surface area contributed by atoms with E-state index in [1.165, 1.54) is 12.8 Å². The van der Waals surface area contributed by atoms with Crippen molar-refractivity contribution >= 4 is 21.7 Å². The molecule has 2 atom stereocenters. The normalized spacial score (nSPS) is 18.7. The third-order valence-electron chi connectivity index (χ3n) is 5.51. The highest BCUT2D eigenvalue weighted by Crippen LogP contribution is 2.29. The van der Waals surface area contributed by atoms with Crippen molar-refractivity contribution in [1.29, 1.82) is 0 Å². The summed E-state index contributed by atoms with van der Waals surface area (Å²) < 4.78 is 12.5. The number of likely N-dealkylation sites (tertiary alicyclic amines) is 1. The lowest BCUT2D eigenvalue weighted by atomic mass is 9.97. The highest BCUT2D eigenvalue weighted by molar-refractivity contribution is 7.18. The summed E-state index contributed by atoms with van der Waals surface area (Å²) in [5.74, 6) is 1.92. The largest absolute Gasteiger partial charge is 0.493 e. The Morgan fingerprint density at radius 2 is 2.07 bits per heavy atom. The summed E-state index contributed by atoms with van der Waals surface area (Å²) >= 11 is 1.70. The number of methoxy groups -OCH3 is 1. The van der Waals surface area contributed by atoms with Crippen molar-refractivity contribution in [2.75, 3.05) is 26.8 Å². The van der Waals surface area contributed by atoms with E-state index >= 15 is 0 Å². The Bertz CT molecular complexity index is 990. The molecule has 1 saturated heterocycles.